The van der Waals surface area contributed by atoms with Gasteiger partial charge in [0.15, 0.2) is 17.4 Å². The Kier molecular flexibility index (Phi) is 32.6. The summed E-state index contributed by atoms with van der Waals surface area (Å²) in [6, 6.07) is 0. The predicted molar refractivity (Wildman–Crippen MR) is 47.2 cm³/mol. The van der Waals surface area contributed by atoms with Gasteiger partial charge in [0.05, 0.1) is 0 Å². The SMILES string of the molecule is OB(O)O.OB(O)O.OB(O)O.[AlH3]. The van der Waals surface area contributed by atoms with Gasteiger partial charge >= 0.3 is 22.0 Å². The molecule has 0 unspecified atom stereocenters. The van der Waals surface area contributed by atoms with E-state index in [0.717, 1.165) is 0 Å². The van der Waals surface area contributed by atoms with Gasteiger partial charge in [-0.3, -0.25) is 0 Å². The van der Waals surface area contributed by atoms with Crippen LogP contribution in [0.1, 0.15) is 0 Å². The Morgan fingerprint density at radius 1 is 0.385 bits per heavy atom. The van der Waals surface area contributed by atoms with E-state index in [0.29, 0.717) is 0 Å². The zero-order valence-corrected chi connectivity index (χ0v) is 5.76. The molecule has 0 aliphatic heterocycles. The second-order valence-electron chi connectivity index (χ2n) is 1.04. The van der Waals surface area contributed by atoms with E-state index in [1.165, 1.54) is 0 Å². The van der Waals surface area contributed by atoms with Crippen LogP contribution in [0.3, 0.4) is 0 Å². The fourth-order valence-corrected chi connectivity index (χ4v) is 0. The van der Waals surface area contributed by atoms with Crippen LogP contribution in [-0.4, -0.2) is 84.5 Å². The standard InChI is InChI=1S/Al.3BH3O3.3H/c;3*2-1(3)4;;;/h;3*2-4H;;;. The lowest BCUT2D eigenvalue weighted by atomic mass is 10.3. The maximum Gasteiger partial charge on any atom is 0.631 e. The van der Waals surface area contributed by atoms with Gasteiger partial charge in [0.1, 0.15) is 0 Å². The average Bonchev–Trinajstić information content (AvgIpc) is 1.54. The Bertz CT molecular complexity index is 43.4. The van der Waals surface area contributed by atoms with Crippen LogP contribution in [0.4, 0.5) is 0 Å². The van der Waals surface area contributed by atoms with Crippen molar-refractivity contribution >= 4 is 39.3 Å². The van der Waals surface area contributed by atoms with Crippen LogP contribution in [0.2, 0.25) is 0 Å². The summed E-state index contributed by atoms with van der Waals surface area (Å²) in [5, 5.41) is 64.5. The first-order valence-electron chi connectivity index (χ1n) is 2.32. The van der Waals surface area contributed by atoms with Crippen LogP contribution in [0.15, 0.2) is 0 Å². The van der Waals surface area contributed by atoms with Crippen molar-refractivity contribution in [3.8, 4) is 0 Å². The van der Waals surface area contributed by atoms with E-state index >= 15 is 0 Å². The van der Waals surface area contributed by atoms with Crippen molar-refractivity contribution in [2.75, 3.05) is 0 Å². The van der Waals surface area contributed by atoms with Gasteiger partial charge in [0.25, 0.3) is 0 Å². The molecule has 0 saturated carbocycles. The maximum absolute atomic E-state index is 7.17. The largest absolute Gasteiger partial charge is 0.631 e. The molecule has 0 radical (unpaired) electrons. The Balaban J connectivity index is -0.0000000450. The van der Waals surface area contributed by atoms with E-state index in [4.69, 9.17) is 45.2 Å². The average molecular weight is 216 g/mol. The summed E-state index contributed by atoms with van der Waals surface area (Å²) in [7, 11) is -6.50. The van der Waals surface area contributed by atoms with Crippen molar-refractivity contribution < 1.29 is 45.2 Å². The van der Waals surface area contributed by atoms with Crippen molar-refractivity contribution in [3.63, 3.8) is 0 Å². The molecule has 0 heterocycles. The summed E-state index contributed by atoms with van der Waals surface area (Å²) >= 11 is 0. The van der Waals surface area contributed by atoms with Crippen LogP contribution in [0.5, 0.6) is 0 Å². The molecule has 0 aromatic heterocycles. The summed E-state index contributed by atoms with van der Waals surface area (Å²) in [5.74, 6) is 0. The minimum Gasteiger partial charge on any atom is -0.402 e. The van der Waals surface area contributed by atoms with Gasteiger partial charge < -0.3 is 45.2 Å². The Labute approximate surface area is 85.2 Å². The summed E-state index contributed by atoms with van der Waals surface area (Å²) in [6.45, 7) is 0. The van der Waals surface area contributed by atoms with E-state index < -0.39 is 22.0 Å². The lowest BCUT2D eigenvalue weighted by molar-refractivity contribution is 0.276. The van der Waals surface area contributed by atoms with E-state index in [-0.39, 0.29) is 17.4 Å². The quantitative estimate of drug-likeness (QED) is 0.177. The van der Waals surface area contributed by atoms with Gasteiger partial charge in [-0.2, -0.15) is 0 Å². The summed E-state index contributed by atoms with van der Waals surface area (Å²) in [5.41, 5.74) is 0. The molecular weight excluding hydrogens is 203 g/mol. The molecule has 0 amide bonds. The van der Waals surface area contributed by atoms with Crippen molar-refractivity contribution in [2.45, 2.75) is 0 Å². The normalized spacial score (nSPS) is 6.23. The second kappa shape index (κ2) is 18.2. The highest BCUT2D eigenvalue weighted by Crippen LogP contribution is 1.41. The summed E-state index contributed by atoms with van der Waals surface area (Å²) < 4.78 is 0. The van der Waals surface area contributed by atoms with Crippen molar-refractivity contribution in [1.29, 1.82) is 0 Å². The molecule has 0 saturated heterocycles. The molecule has 0 bridgehead atoms. The highest BCUT2D eigenvalue weighted by atomic mass is 27.0. The van der Waals surface area contributed by atoms with Gasteiger partial charge in [0.2, 0.25) is 0 Å². The zero-order valence-electron chi connectivity index (χ0n) is 5.76. The minimum atomic E-state index is -2.17. The molecule has 0 atom stereocenters. The lowest BCUT2D eigenvalue weighted by Gasteiger charge is -1.69. The number of rotatable bonds is 0. The Morgan fingerprint density at radius 3 is 0.385 bits per heavy atom. The Morgan fingerprint density at radius 2 is 0.385 bits per heavy atom. The van der Waals surface area contributed by atoms with Crippen molar-refractivity contribution in [2.24, 2.45) is 0 Å². The molecule has 13 heteroatoms. The monoisotopic (exact) mass is 216 g/mol. The van der Waals surface area contributed by atoms with Gasteiger partial charge in [-0.15, -0.1) is 0 Å². The molecule has 13 heavy (non-hydrogen) atoms. The molecule has 9 nitrogen and oxygen atoms in total. The van der Waals surface area contributed by atoms with Crippen LogP contribution in [0.25, 0.3) is 0 Å². The molecule has 9 N–H and O–H groups in total. The molecule has 0 spiro atoms. The smallest absolute Gasteiger partial charge is 0.402 e. The summed E-state index contributed by atoms with van der Waals surface area (Å²) in [6.07, 6.45) is 0. The molecular formula is H12AlB3O9. The van der Waals surface area contributed by atoms with E-state index in [2.05, 4.69) is 0 Å². The van der Waals surface area contributed by atoms with E-state index in [1.54, 1.807) is 0 Å². The lowest BCUT2D eigenvalue weighted by Crippen LogP contribution is -2.07. The van der Waals surface area contributed by atoms with Crippen LogP contribution in [0, 0.1) is 0 Å². The second-order valence-corrected chi connectivity index (χ2v) is 1.04. The molecule has 0 aliphatic rings. The molecule has 0 fully saturated rings. The van der Waals surface area contributed by atoms with Crippen molar-refractivity contribution in [1.82, 2.24) is 0 Å². The highest BCUT2D eigenvalue weighted by molar-refractivity contribution is 6.31. The third-order valence-corrected chi connectivity index (χ3v) is 0. The number of hydrogen-bond donors (Lipinski definition) is 9. The molecule has 78 valence electrons. The van der Waals surface area contributed by atoms with Gasteiger partial charge in [-0.25, -0.2) is 0 Å². The molecule has 0 aromatic rings. The van der Waals surface area contributed by atoms with Gasteiger partial charge in [-0.05, 0) is 0 Å². The third-order valence-electron chi connectivity index (χ3n) is 0. The third kappa shape index (κ3) is 9850. The topological polar surface area (TPSA) is 182 Å². The van der Waals surface area contributed by atoms with E-state index in [1.807, 2.05) is 0 Å². The first kappa shape index (κ1) is 23.3. The Hall–Kier alpha value is 0.367. The first-order valence-corrected chi connectivity index (χ1v) is 2.32. The highest BCUT2D eigenvalue weighted by Gasteiger charge is 1.93. The summed E-state index contributed by atoms with van der Waals surface area (Å²) in [4.78, 5) is 0. The van der Waals surface area contributed by atoms with Crippen LogP contribution in [-0.2, 0) is 0 Å². The first-order chi connectivity index (χ1) is 5.20. The van der Waals surface area contributed by atoms with Gasteiger partial charge in [-0.1, -0.05) is 0 Å². The fraction of sp³-hybridized carbons (Fsp3) is 0. The molecule has 0 aromatic carbocycles. The fourth-order valence-electron chi connectivity index (χ4n) is 0. The van der Waals surface area contributed by atoms with Crippen molar-refractivity contribution in [3.05, 3.63) is 0 Å². The van der Waals surface area contributed by atoms with Gasteiger partial charge in [0, 0.05) is 0 Å². The minimum absolute atomic E-state index is 0. The zero-order chi connectivity index (χ0) is 10.7. The maximum atomic E-state index is 7.17. The van der Waals surface area contributed by atoms with E-state index in [9.17, 15) is 0 Å². The predicted octanol–water partition coefficient (Wildman–Crippen LogP) is -7.34. The van der Waals surface area contributed by atoms with Crippen LogP contribution < -0.4 is 0 Å². The molecule has 0 rings (SSSR count). The van der Waals surface area contributed by atoms with Crippen LogP contribution >= 0.6 is 0 Å². The number of hydrogen-bond acceptors (Lipinski definition) is 9. The molecule has 0 aliphatic carbocycles.